The van der Waals surface area contributed by atoms with Crippen molar-refractivity contribution in [1.29, 1.82) is 0 Å². The largest absolute Gasteiger partial charge is 0.337 e. The first-order chi connectivity index (χ1) is 9.24. The molecule has 3 rings (SSSR count). The van der Waals surface area contributed by atoms with Gasteiger partial charge in [-0.05, 0) is 12.1 Å². The maximum Gasteiger partial charge on any atom is 0.243 e. The van der Waals surface area contributed by atoms with E-state index < -0.39 is 0 Å². The molecule has 4 nitrogen and oxygen atoms in total. The van der Waals surface area contributed by atoms with Crippen molar-refractivity contribution >= 4 is 27.5 Å². The van der Waals surface area contributed by atoms with Crippen molar-refractivity contribution in [3.05, 3.63) is 41.4 Å². The van der Waals surface area contributed by atoms with Crippen LogP contribution in [0.5, 0.6) is 0 Å². The van der Waals surface area contributed by atoms with Crippen LogP contribution in [0.3, 0.4) is 0 Å². The standard InChI is InChI=1S/C14H15N3OS/c1-17(14(18)11-6-4-8-15-11)9-13-16-10-5-2-3-7-12(10)19-13/h2-7,11,15H,8-9H2,1H3/t11-/m1/s1. The summed E-state index contributed by atoms with van der Waals surface area (Å²) in [7, 11) is 1.82. The SMILES string of the molecule is CN(Cc1nc2ccccc2s1)C(=O)[C@H]1C=CCN1. The van der Waals surface area contributed by atoms with Crippen molar-refractivity contribution in [3.8, 4) is 0 Å². The smallest absolute Gasteiger partial charge is 0.243 e. The number of likely N-dealkylation sites (N-methyl/N-ethyl adjacent to an activating group) is 1. The molecule has 5 heteroatoms. The minimum atomic E-state index is -0.181. The fourth-order valence-corrected chi connectivity index (χ4v) is 3.16. The Balaban J connectivity index is 1.73. The number of hydrogen-bond acceptors (Lipinski definition) is 4. The van der Waals surface area contributed by atoms with Gasteiger partial charge in [-0.25, -0.2) is 4.98 Å². The quantitative estimate of drug-likeness (QED) is 0.867. The fraction of sp³-hybridized carbons (Fsp3) is 0.286. The normalized spacial score (nSPS) is 18.1. The van der Waals surface area contributed by atoms with E-state index in [9.17, 15) is 4.79 Å². The number of fused-ring (bicyclic) bond motifs is 1. The third-order valence-electron chi connectivity index (χ3n) is 3.14. The predicted molar refractivity (Wildman–Crippen MR) is 77.0 cm³/mol. The van der Waals surface area contributed by atoms with Gasteiger partial charge < -0.3 is 4.90 Å². The first kappa shape index (κ1) is 12.3. The molecule has 1 aliphatic heterocycles. The molecule has 1 aromatic heterocycles. The molecule has 0 aliphatic carbocycles. The highest BCUT2D eigenvalue weighted by Crippen LogP contribution is 2.22. The van der Waals surface area contributed by atoms with E-state index in [-0.39, 0.29) is 11.9 Å². The Kier molecular flexibility index (Phi) is 3.31. The lowest BCUT2D eigenvalue weighted by Gasteiger charge is -2.19. The van der Waals surface area contributed by atoms with Crippen LogP contribution in [0.4, 0.5) is 0 Å². The van der Waals surface area contributed by atoms with Gasteiger partial charge in [-0.15, -0.1) is 11.3 Å². The number of hydrogen-bond donors (Lipinski definition) is 1. The van der Waals surface area contributed by atoms with E-state index in [0.29, 0.717) is 6.54 Å². The molecule has 1 amide bonds. The Morgan fingerprint density at radius 2 is 2.37 bits per heavy atom. The molecule has 1 aromatic carbocycles. The molecule has 0 saturated carbocycles. The lowest BCUT2D eigenvalue weighted by molar-refractivity contribution is -0.131. The monoisotopic (exact) mass is 273 g/mol. The number of carbonyl (C=O) groups excluding carboxylic acids is 1. The molecule has 1 atom stereocenters. The van der Waals surface area contributed by atoms with Crippen LogP contribution in [0, 0.1) is 0 Å². The Morgan fingerprint density at radius 1 is 1.53 bits per heavy atom. The van der Waals surface area contributed by atoms with E-state index in [1.54, 1.807) is 16.2 Å². The molecule has 2 heterocycles. The summed E-state index contributed by atoms with van der Waals surface area (Å²) in [5.74, 6) is 0.0907. The Bertz CT molecular complexity index is 601. The molecule has 0 bridgehead atoms. The highest BCUT2D eigenvalue weighted by atomic mass is 32.1. The average molecular weight is 273 g/mol. The molecule has 19 heavy (non-hydrogen) atoms. The maximum absolute atomic E-state index is 12.2. The van der Waals surface area contributed by atoms with Crippen molar-refractivity contribution in [3.63, 3.8) is 0 Å². The minimum absolute atomic E-state index is 0.0907. The summed E-state index contributed by atoms with van der Waals surface area (Å²) in [6, 6.07) is 7.86. The second-order valence-electron chi connectivity index (χ2n) is 4.58. The van der Waals surface area contributed by atoms with E-state index in [1.807, 2.05) is 37.4 Å². The summed E-state index contributed by atoms with van der Waals surface area (Å²) < 4.78 is 1.16. The lowest BCUT2D eigenvalue weighted by atomic mass is 10.3. The first-order valence-electron chi connectivity index (χ1n) is 6.23. The molecule has 0 saturated heterocycles. The summed E-state index contributed by atoms with van der Waals surface area (Å²) in [5.41, 5.74) is 1.00. The summed E-state index contributed by atoms with van der Waals surface area (Å²) >= 11 is 1.64. The third-order valence-corrected chi connectivity index (χ3v) is 4.16. The molecule has 2 aromatic rings. The molecule has 0 radical (unpaired) electrons. The van der Waals surface area contributed by atoms with Gasteiger partial charge in [0.15, 0.2) is 0 Å². The van der Waals surface area contributed by atoms with E-state index >= 15 is 0 Å². The molecule has 0 fully saturated rings. The molecule has 0 unspecified atom stereocenters. The van der Waals surface area contributed by atoms with Crippen LogP contribution in [0.2, 0.25) is 0 Å². The number of carbonyl (C=O) groups is 1. The van der Waals surface area contributed by atoms with E-state index in [2.05, 4.69) is 16.4 Å². The van der Waals surface area contributed by atoms with Gasteiger partial charge in [0.2, 0.25) is 5.91 Å². The Hall–Kier alpha value is -1.72. The fourth-order valence-electron chi connectivity index (χ4n) is 2.14. The number of nitrogens with zero attached hydrogens (tertiary/aromatic N) is 2. The van der Waals surface area contributed by atoms with Crippen LogP contribution in [-0.2, 0) is 11.3 Å². The molecular formula is C14H15N3OS. The van der Waals surface area contributed by atoms with E-state index in [0.717, 1.165) is 21.8 Å². The van der Waals surface area contributed by atoms with Crippen LogP contribution >= 0.6 is 11.3 Å². The predicted octanol–water partition coefficient (Wildman–Crippen LogP) is 1.78. The molecular weight excluding hydrogens is 258 g/mol. The maximum atomic E-state index is 12.2. The van der Waals surface area contributed by atoms with E-state index in [1.165, 1.54) is 0 Å². The number of para-hydroxylation sites is 1. The molecule has 0 spiro atoms. The van der Waals surface area contributed by atoms with Crippen LogP contribution in [0.25, 0.3) is 10.2 Å². The third kappa shape index (κ3) is 2.52. The van der Waals surface area contributed by atoms with Crippen molar-refractivity contribution in [2.45, 2.75) is 12.6 Å². The van der Waals surface area contributed by atoms with Gasteiger partial charge >= 0.3 is 0 Å². The van der Waals surface area contributed by atoms with Crippen molar-refractivity contribution in [1.82, 2.24) is 15.2 Å². The van der Waals surface area contributed by atoms with Crippen LogP contribution in [0.1, 0.15) is 5.01 Å². The minimum Gasteiger partial charge on any atom is -0.337 e. The number of amides is 1. The summed E-state index contributed by atoms with van der Waals surface area (Å²) in [6.45, 7) is 1.33. The zero-order valence-corrected chi connectivity index (χ0v) is 11.5. The van der Waals surface area contributed by atoms with Gasteiger partial charge in [0.25, 0.3) is 0 Å². The average Bonchev–Trinajstić information content (AvgIpc) is 3.06. The van der Waals surface area contributed by atoms with Crippen LogP contribution < -0.4 is 5.32 Å². The van der Waals surface area contributed by atoms with Crippen molar-refractivity contribution < 1.29 is 4.79 Å². The number of aromatic nitrogens is 1. The first-order valence-corrected chi connectivity index (χ1v) is 7.05. The second-order valence-corrected chi connectivity index (χ2v) is 5.70. The zero-order chi connectivity index (χ0) is 13.2. The number of benzene rings is 1. The van der Waals surface area contributed by atoms with Gasteiger partial charge in [0.1, 0.15) is 11.0 Å². The lowest BCUT2D eigenvalue weighted by Crippen LogP contribution is -2.41. The summed E-state index contributed by atoms with van der Waals surface area (Å²) in [6.07, 6.45) is 3.89. The molecule has 1 N–H and O–H groups in total. The van der Waals surface area contributed by atoms with Crippen LogP contribution in [0.15, 0.2) is 36.4 Å². The molecule has 1 aliphatic rings. The number of nitrogens with one attached hydrogen (secondary N) is 1. The van der Waals surface area contributed by atoms with Crippen molar-refractivity contribution in [2.24, 2.45) is 0 Å². The highest BCUT2D eigenvalue weighted by Gasteiger charge is 2.21. The summed E-state index contributed by atoms with van der Waals surface area (Å²) in [4.78, 5) is 18.4. The summed E-state index contributed by atoms with van der Waals surface area (Å²) in [5, 5.41) is 4.10. The van der Waals surface area contributed by atoms with Crippen molar-refractivity contribution in [2.75, 3.05) is 13.6 Å². The topological polar surface area (TPSA) is 45.2 Å². The van der Waals surface area contributed by atoms with Gasteiger partial charge in [-0.3, -0.25) is 10.1 Å². The zero-order valence-electron chi connectivity index (χ0n) is 10.7. The Morgan fingerprint density at radius 3 is 3.11 bits per heavy atom. The second kappa shape index (κ2) is 5.11. The molecule has 98 valence electrons. The number of thiazole rings is 1. The van der Waals surface area contributed by atoms with Crippen LogP contribution in [-0.4, -0.2) is 35.4 Å². The van der Waals surface area contributed by atoms with Gasteiger partial charge in [-0.1, -0.05) is 24.3 Å². The van der Waals surface area contributed by atoms with E-state index in [4.69, 9.17) is 0 Å². The van der Waals surface area contributed by atoms with Gasteiger partial charge in [0.05, 0.1) is 16.8 Å². The highest BCUT2D eigenvalue weighted by molar-refractivity contribution is 7.18. The van der Waals surface area contributed by atoms with Gasteiger partial charge in [-0.2, -0.15) is 0 Å². The number of rotatable bonds is 3. The van der Waals surface area contributed by atoms with Gasteiger partial charge in [0, 0.05) is 13.6 Å². The Labute approximate surface area is 115 Å².